The van der Waals surface area contributed by atoms with Crippen molar-refractivity contribution < 1.29 is 0 Å². The molecule has 0 aromatic carbocycles. The summed E-state index contributed by atoms with van der Waals surface area (Å²) in [6.45, 7) is 10.3. The van der Waals surface area contributed by atoms with E-state index in [1.165, 1.54) is 37.2 Å². The van der Waals surface area contributed by atoms with E-state index >= 15 is 0 Å². The molecule has 0 aliphatic carbocycles. The number of likely N-dealkylation sites (tertiary alicyclic amines) is 1. The molecule has 2 rings (SSSR count). The molecule has 0 spiro atoms. The SMILES string of the molecule is CCCNC(C)c1cnc(N(C)CCN2CCCC2)s1. The Hall–Kier alpha value is -0.650. The molecular formula is C15H28N4S. The summed E-state index contributed by atoms with van der Waals surface area (Å²) >= 11 is 1.82. The highest BCUT2D eigenvalue weighted by molar-refractivity contribution is 7.15. The van der Waals surface area contributed by atoms with E-state index in [1.54, 1.807) is 0 Å². The van der Waals surface area contributed by atoms with Gasteiger partial charge >= 0.3 is 0 Å². The number of anilines is 1. The molecule has 1 aromatic heterocycles. The Morgan fingerprint density at radius 3 is 2.90 bits per heavy atom. The van der Waals surface area contributed by atoms with Crippen LogP contribution < -0.4 is 10.2 Å². The average molecular weight is 296 g/mol. The van der Waals surface area contributed by atoms with Crippen LogP contribution >= 0.6 is 11.3 Å². The summed E-state index contributed by atoms with van der Waals surface area (Å²) < 4.78 is 0. The quantitative estimate of drug-likeness (QED) is 0.799. The maximum atomic E-state index is 4.58. The number of hydrogen-bond donors (Lipinski definition) is 1. The predicted molar refractivity (Wildman–Crippen MR) is 87.8 cm³/mol. The van der Waals surface area contributed by atoms with Crippen molar-refractivity contribution in [2.24, 2.45) is 0 Å². The zero-order valence-corrected chi connectivity index (χ0v) is 13.9. The highest BCUT2D eigenvalue weighted by atomic mass is 32.1. The fraction of sp³-hybridized carbons (Fsp3) is 0.800. The summed E-state index contributed by atoms with van der Waals surface area (Å²) in [5.41, 5.74) is 0. The Kier molecular flexibility index (Phi) is 6.26. The summed E-state index contributed by atoms with van der Waals surface area (Å²) in [6, 6.07) is 0.410. The topological polar surface area (TPSA) is 31.4 Å². The van der Waals surface area contributed by atoms with Gasteiger partial charge in [0.05, 0.1) is 0 Å². The van der Waals surface area contributed by atoms with Gasteiger partial charge < -0.3 is 15.1 Å². The first kappa shape index (κ1) is 15.7. The van der Waals surface area contributed by atoms with Crippen molar-refractivity contribution in [1.82, 2.24) is 15.2 Å². The van der Waals surface area contributed by atoms with E-state index in [0.717, 1.165) is 24.8 Å². The van der Waals surface area contributed by atoms with Crippen LogP contribution in [0.15, 0.2) is 6.20 Å². The Labute approximate surface area is 127 Å². The number of hydrogen-bond acceptors (Lipinski definition) is 5. The second-order valence-electron chi connectivity index (χ2n) is 5.69. The second kappa shape index (κ2) is 7.96. The molecule has 20 heavy (non-hydrogen) atoms. The van der Waals surface area contributed by atoms with Crippen molar-refractivity contribution in [1.29, 1.82) is 0 Å². The molecule has 0 radical (unpaired) electrons. The molecule has 1 N–H and O–H groups in total. The molecule has 1 saturated heterocycles. The summed E-state index contributed by atoms with van der Waals surface area (Å²) in [4.78, 5) is 10.8. The second-order valence-corrected chi connectivity index (χ2v) is 6.73. The van der Waals surface area contributed by atoms with Gasteiger partial charge in [-0.3, -0.25) is 0 Å². The molecule has 114 valence electrons. The Morgan fingerprint density at radius 2 is 2.20 bits per heavy atom. The smallest absolute Gasteiger partial charge is 0.185 e. The third-order valence-corrected chi connectivity index (χ3v) is 5.21. The van der Waals surface area contributed by atoms with E-state index < -0.39 is 0 Å². The molecule has 1 aliphatic rings. The van der Waals surface area contributed by atoms with E-state index in [0.29, 0.717) is 6.04 Å². The minimum Gasteiger partial charge on any atom is -0.350 e. The largest absolute Gasteiger partial charge is 0.350 e. The van der Waals surface area contributed by atoms with Crippen molar-refractivity contribution in [3.63, 3.8) is 0 Å². The first-order valence-electron chi connectivity index (χ1n) is 7.83. The van der Waals surface area contributed by atoms with Crippen LogP contribution in [-0.4, -0.2) is 49.7 Å². The standard InChI is InChI=1S/C15H28N4S/c1-4-7-16-13(2)14-12-17-15(20-14)18(3)10-11-19-8-5-6-9-19/h12-13,16H,4-11H2,1-3H3. The number of thiazole rings is 1. The molecule has 5 heteroatoms. The molecule has 4 nitrogen and oxygen atoms in total. The fourth-order valence-corrected chi connectivity index (χ4v) is 3.44. The van der Waals surface area contributed by atoms with Gasteiger partial charge in [0.25, 0.3) is 0 Å². The van der Waals surface area contributed by atoms with Gasteiger partial charge in [0.1, 0.15) is 0 Å². The van der Waals surface area contributed by atoms with Crippen molar-refractivity contribution >= 4 is 16.5 Å². The molecule has 2 heterocycles. The Balaban J connectivity index is 1.80. The normalized spacial score (nSPS) is 17.6. The van der Waals surface area contributed by atoms with Crippen LogP contribution in [0.2, 0.25) is 0 Å². The first-order chi connectivity index (χ1) is 9.70. The van der Waals surface area contributed by atoms with Gasteiger partial charge in [-0.05, 0) is 45.8 Å². The van der Waals surface area contributed by atoms with Gasteiger partial charge in [-0.2, -0.15) is 0 Å². The van der Waals surface area contributed by atoms with Crippen LogP contribution in [0.4, 0.5) is 5.13 Å². The maximum Gasteiger partial charge on any atom is 0.185 e. The van der Waals surface area contributed by atoms with Gasteiger partial charge in [0.15, 0.2) is 5.13 Å². The molecule has 0 saturated carbocycles. The Bertz CT molecular complexity index is 387. The van der Waals surface area contributed by atoms with Crippen molar-refractivity contribution in [3.8, 4) is 0 Å². The summed E-state index contributed by atoms with van der Waals surface area (Å²) in [5, 5.41) is 4.66. The molecule has 1 aliphatic heterocycles. The van der Waals surface area contributed by atoms with Gasteiger partial charge in [0.2, 0.25) is 0 Å². The van der Waals surface area contributed by atoms with E-state index in [-0.39, 0.29) is 0 Å². The first-order valence-corrected chi connectivity index (χ1v) is 8.65. The Morgan fingerprint density at radius 1 is 1.45 bits per heavy atom. The summed E-state index contributed by atoms with van der Waals surface area (Å²) in [6.07, 6.45) is 5.93. The van der Waals surface area contributed by atoms with Crippen LogP contribution in [0.5, 0.6) is 0 Å². The third-order valence-electron chi connectivity index (χ3n) is 3.92. The lowest BCUT2D eigenvalue weighted by Gasteiger charge is -2.20. The van der Waals surface area contributed by atoms with Crippen LogP contribution in [0.3, 0.4) is 0 Å². The lowest BCUT2D eigenvalue weighted by atomic mass is 10.3. The van der Waals surface area contributed by atoms with Crippen molar-refractivity contribution in [3.05, 3.63) is 11.1 Å². The lowest BCUT2D eigenvalue weighted by Crippen LogP contribution is -2.31. The highest BCUT2D eigenvalue weighted by Crippen LogP contribution is 2.26. The molecule has 1 atom stereocenters. The number of nitrogens with one attached hydrogen (secondary N) is 1. The molecule has 1 unspecified atom stereocenters. The maximum absolute atomic E-state index is 4.58. The highest BCUT2D eigenvalue weighted by Gasteiger charge is 2.14. The van der Waals surface area contributed by atoms with Crippen molar-refractivity contribution in [2.45, 2.75) is 39.2 Å². The zero-order chi connectivity index (χ0) is 14.4. The molecule has 1 fully saturated rings. The van der Waals surface area contributed by atoms with Gasteiger partial charge in [0, 0.05) is 37.3 Å². The minimum absolute atomic E-state index is 0.410. The lowest BCUT2D eigenvalue weighted by molar-refractivity contribution is 0.346. The zero-order valence-electron chi connectivity index (χ0n) is 13.1. The molecular weight excluding hydrogens is 268 g/mol. The van der Waals surface area contributed by atoms with E-state index in [4.69, 9.17) is 0 Å². The fourth-order valence-electron chi connectivity index (χ4n) is 2.51. The average Bonchev–Trinajstić information content (AvgIpc) is 3.12. The molecule has 1 aromatic rings. The summed E-state index contributed by atoms with van der Waals surface area (Å²) in [5.74, 6) is 0. The monoisotopic (exact) mass is 296 g/mol. The predicted octanol–water partition coefficient (Wildman–Crippen LogP) is 2.74. The van der Waals surface area contributed by atoms with E-state index in [1.807, 2.05) is 17.5 Å². The van der Waals surface area contributed by atoms with Gasteiger partial charge in [-0.15, -0.1) is 11.3 Å². The minimum atomic E-state index is 0.410. The van der Waals surface area contributed by atoms with Gasteiger partial charge in [-0.1, -0.05) is 6.92 Å². The number of likely N-dealkylation sites (N-methyl/N-ethyl adjacent to an activating group) is 1. The van der Waals surface area contributed by atoms with E-state index in [2.05, 4.69) is 41.0 Å². The van der Waals surface area contributed by atoms with Crippen LogP contribution in [0, 0.1) is 0 Å². The molecule has 0 amide bonds. The number of nitrogens with zero attached hydrogens (tertiary/aromatic N) is 3. The number of rotatable bonds is 8. The van der Waals surface area contributed by atoms with Crippen LogP contribution in [-0.2, 0) is 0 Å². The number of aromatic nitrogens is 1. The third kappa shape index (κ3) is 4.43. The van der Waals surface area contributed by atoms with Crippen LogP contribution in [0.25, 0.3) is 0 Å². The van der Waals surface area contributed by atoms with Gasteiger partial charge in [-0.25, -0.2) is 4.98 Å². The van der Waals surface area contributed by atoms with Crippen molar-refractivity contribution in [2.75, 3.05) is 44.7 Å². The summed E-state index contributed by atoms with van der Waals surface area (Å²) in [7, 11) is 2.16. The van der Waals surface area contributed by atoms with E-state index in [9.17, 15) is 0 Å². The molecule has 0 bridgehead atoms. The van der Waals surface area contributed by atoms with Crippen LogP contribution in [0.1, 0.15) is 44.0 Å².